The third kappa shape index (κ3) is 4.90. The molecule has 154 valence electrons. The fourth-order valence-corrected chi connectivity index (χ4v) is 5.95. The zero-order valence-electron chi connectivity index (χ0n) is 17.2. The molecule has 3 fully saturated rings. The molecule has 1 aromatic rings. The number of aromatic hydroxyl groups is 1. The van der Waals surface area contributed by atoms with E-state index in [0.717, 1.165) is 50.4 Å². The molecule has 0 amide bonds. The van der Waals surface area contributed by atoms with Crippen LogP contribution in [0.4, 0.5) is 0 Å². The second kappa shape index (κ2) is 9.33. The van der Waals surface area contributed by atoms with E-state index in [1.165, 1.54) is 50.5 Å². The zero-order chi connectivity index (χ0) is 19.3. The lowest BCUT2D eigenvalue weighted by Gasteiger charge is -2.36. The largest absolute Gasteiger partial charge is 0.508 e. The highest BCUT2D eigenvalue weighted by molar-refractivity contribution is 5.72. The van der Waals surface area contributed by atoms with Crippen LogP contribution >= 0.6 is 0 Å². The summed E-state index contributed by atoms with van der Waals surface area (Å²) in [6, 6.07) is 7.59. The molecule has 3 saturated carbocycles. The number of ether oxygens (including phenoxy) is 1. The second-order valence-electron chi connectivity index (χ2n) is 9.51. The molecule has 0 aromatic heterocycles. The summed E-state index contributed by atoms with van der Waals surface area (Å²) < 4.78 is 5.94. The van der Waals surface area contributed by atoms with Crippen molar-refractivity contribution in [3.8, 4) is 5.75 Å². The molecule has 0 spiro atoms. The Morgan fingerprint density at radius 3 is 2.00 bits per heavy atom. The maximum Gasteiger partial charge on any atom is 0.309 e. The number of carbonyl (C=O) groups is 1. The maximum atomic E-state index is 12.7. The highest BCUT2D eigenvalue weighted by Gasteiger charge is 2.33. The molecule has 4 rings (SSSR count). The van der Waals surface area contributed by atoms with Crippen LogP contribution in [0.25, 0.3) is 0 Å². The predicted molar refractivity (Wildman–Crippen MR) is 111 cm³/mol. The van der Waals surface area contributed by atoms with E-state index in [-0.39, 0.29) is 18.0 Å². The van der Waals surface area contributed by atoms with Gasteiger partial charge in [-0.25, -0.2) is 0 Å². The number of phenolic OH excluding ortho intramolecular Hbond substituents is 1. The van der Waals surface area contributed by atoms with Gasteiger partial charge in [-0.2, -0.15) is 0 Å². The minimum Gasteiger partial charge on any atom is -0.508 e. The van der Waals surface area contributed by atoms with E-state index in [9.17, 15) is 9.90 Å². The average Bonchev–Trinajstić information content (AvgIpc) is 2.76. The highest BCUT2D eigenvalue weighted by atomic mass is 16.5. The van der Waals surface area contributed by atoms with Gasteiger partial charge >= 0.3 is 5.97 Å². The van der Waals surface area contributed by atoms with Crippen molar-refractivity contribution in [3.63, 3.8) is 0 Å². The summed E-state index contributed by atoms with van der Waals surface area (Å²) in [5.74, 6) is 2.88. The van der Waals surface area contributed by atoms with Gasteiger partial charge in [-0.15, -0.1) is 0 Å². The molecule has 0 saturated heterocycles. The van der Waals surface area contributed by atoms with Crippen LogP contribution in [-0.4, -0.2) is 17.2 Å². The molecule has 0 unspecified atom stereocenters. The minimum atomic E-state index is 0.0789. The van der Waals surface area contributed by atoms with Crippen LogP contribution in [0.1, 0.15) is 95.0 Å². The van der Waals surface area contributed by atoms with E-state index in [1.54, 1.807) is 12.1 Å². The first-order chi connectivity index (χ1) is 13.7. The van der Waals surface area contributed by atoms with Crippen LogP contribution in [0.15, 0.2) is 24.3 Å². The van der Waals surface area contributed by atoms with E-state index < -0.39 is 0 Å². The van der Waals surface area contributed by atoms with Crippen molar-refractivity contribution in [1.29, 1.82) is 0 Å². The van der Waals surface area contributed by atoms with Crippen molar-refractivity contribution in [1.82, 2.24) is 0 Å². The molecular weight excluding hydrogens is 348 g/mol. The Kier molecular flexibility index (Phi) is 6.59. The average molecular weight is 385 g/mol. The predicted octanol–water partition coefficient (Wildman–Crippen LogP) is 6.35. The van der Waals surface area contributed by atoms with Crippen molar-refractivity contribution in [3.05, 3.63) is 29.8 Å². The summed E-state index contributed by atoms with van der Waals surface area (Å²) in [7, 11) is 0. The summed E-state index contributed by atoms with van der Waals surface area (Å²) >= 11 is 0. The van der Waals surface area contributed by atoms with E-state index in [0.29, 0.717) is 11.7 Å². The topological polar surface area (TPSA) is 46.5 Å². The minimum absolute atomic E-state index is 0.0789. The number of carbonyl (C=O) groups excluding carboxylic acids is 1. The van der Waals surface area contributed by atoms with Crippen LogP contribution in [0.5, 0.6) is 5.75 Å². The van der Waals surface area contributed by atoms with Gasteiger partial charge in [-0.05, 0) is 86.8 Å². The third-order valence-corrected chi connectivity index (χ3v) is 7.74. The Morgan fingerprint density at radius 2 is 1.36 bits per heavy atom. The van der Waals surface area contributed by atoms with Gasteiger partial charge in [0.1, 0.15) is 11.9 Å². The summed E-state index contributed by atoms with van der Waals surface area (Å²) in [6.07, 6.45) is 15.8. The molecular formula is C25H36O3. The molecule has 3 nitrogen and oxygen atoms in total. The van der Waals surface area contributed by atoms with E-state index >= 15 is 0 Å². The van der Waals surface area contributed by atoms with Gasteiger partial charge in [0.05, 0.1) is 5.92 Å². The van der Waals surface area contributed by atoms with Crippen molar-refractivity contribution < 1.29 is 14.6 Å². The first kappa shape index (κ1) is 19.8. The first-order valence-corrected chi connectivity index (χ1v) is 11.7. The quantitative estimate of drug-likeness (QED) is 0.615. The van der Waals surface area contributed by atoms with Crippen LogP contribution in [0, 0.1) is 17.8 Å². The molecule has 0 atom stereocenters. The van der Waals surface area contributed by atoms with Crippen molar-refractivity contribution >= 4 is 5.97 Å². The van der Waals surface area contributed by atoms with Gasteiger partial charge in [0, 0.05) is 0 Å². The second-order valence-corrected chi connectivity index (χ2v) is 9.51. The molecule has 3 aliphatic rings. The Bertz CT molecular complexity index is 616. The number of rotatable bonds is 4. The number of esters is 1. The Labute approximate surface area is 169 Å². The molecule has 0 bridgehead atoms. The molecule has 1 aromatic carbocycles. The Morgan fingerprint density at radius 1 is 0.750 bits per heavy atom. The lowest BCUT2D eigenvalue weighted by molar-refractivity contribution is -0.157. The first-order valence-electron chi connectivity index (χ1n) is 11.7. The number of benzene rings is 1. The zero-order valence-corrected chi connectivity index (χ0v) is 17.2. The van der Waals surface area contributed by atoms with Crippen LogP contribution in [-0.2, 0) is 9.53 Å². The third-order valence-electron chi connectivity index (χ3n) is 7.74. The number of hydrogen-bond acceptors (Lipinski definition) is 3. The van der Waals surface area contributed by atoms with Gasteiger partial charge in [-0.1, -0.05) is 44.2 Å². The molecule has 0 radical (unpaired) electrons. The van der Waals surface area contributed by atoms with Crippen molar-refractivity contribution in [2.24, 2.45) is 17.8 Å². The lowest BCUT2D eigenvalue weighted by atomic mass is 9.71. The molecule has 0 aliphatic heterocycles. The normalized spacial score (nSPS) is 32.0. The number of phenols is 1. The summed E-state index contributed by atoms with van der Waals surface area (Å²) in [5, 5.41) is 9.45. The molecule has 3 aliphatic carbocycles. The maximum absolute atomic E-state index is 12.7. The fraction of sp³-hybridized carbons (Fsp3) is 0.720. The van der Waals surface area contributed by atoms with E-state index in [4.69, 9.17) is 4.74 Å². The summed E-state index contributed by atoms with van der Waals surface area (Å²) in [6.45, 7) is 0. The molecule has 3 heteroatoms. The van der Waals surface area contributed by atoms with Gasteiger partial charge in [0.2, 0.25) is 0 Å². The number of hydrogen-bond donors (Lipinski definition) is 1. The van der Waals surface area contributed by atoms with Gasteiger partial charge < -0.3 is 9.84 Å². The summed E-state index contributed by atoms with van der Waals surface area (Å²) in [4.78, 5) is 12.7. The fourth-order valence-electron chi connectivity index (χ4n) is 5.95. The van der Waals surface area contributed by atoms with Crippen LogP contribution in [0.3, 0.4) is 0 Å². The smallest absolute Gasteiger partial charge is 0.309 e. The van der Waals surface area contributed by atoms with Crippen molar-refractivity contribution in [2.45, 2.75) is 95.5 Å². The monoisotopic (exact) mass is 384 g/mol. The Hall–Kier alpha value is -1.51. The van der Waals surface area contributed by atoms with Gasteiger partial charge in [-0.3, -0.25) is 4.79 Å². The molecule has 28 heavy (non-hydrogen) atoms. The highest BCUT2D eigenvalue weighted by Crippen LogP contribution is 2.41. The standard InChI is InChI=1S/C25H36O3/c26-23-14-10-20(11-15-23)21-12-16-24(17-13-21)28-25(27)22-8-6-19(7-9-22)18-4-2-1-3-5-18/h10-11,14-15,18-19,21-22,24,26H,1-9,12-13,16-17H2/t19-,21-,22-,24-. The van der Waals surface area contributed by atoms with Crippen LogP contribution in [0.2, 0.25) is 0 Å². The SMILES string of the molecule is O=C(O[C@H]1CC[C@H](c2ccc(O)cc2)CC1)[C@H]1CC[C@H](C2CCCCC2)CC1. The van der Waals surface area contributed by atoms with E-state index in [1.807, 2.05) is 12.1 Å². The van der Waals surface area contributed by atoms with Crippen molar-refractivity contribution in [2.75, 3.05) is 0 Å². The lowest BCUT2D eigenvalue weighted by Crippen LogP contribution is -2.31. The van der Waals surface area contributed by atoms with Gasteiger partial charge in [0.25, 0.3) is 0 Å². The van der Waals surface area contributed by atoms with Gasteiger partial charge in [0.15, 0.2) is 0 Å². The molecule has 0 heterocycles. The Balaban J connectivity index is 1.19. The van der Waals surface area contributed by atoms with Crippen LogP contribution < -0.4 is 0 Å². The molecule has 1 N–H and O–H groups in total. The van der Waals surface area contributed by atoms with E-state index in [2.05, 4.69) is 0 Å². The summed E-state index contributed by atoms with van der Waals surface area (Å²) in [5.41, 5.74) is 1.30.